The highest BCUT2D eigenvalue weighted by molar-refractivity contribution is 5.72. The molecule has 2 aliphatic rings. The number of ether oxygens (including phenoxy) is 1. The molecule has 0 atom stereocenters. The van der Waals surface area contributed by atoms with Gasteiger partial charge in [0.2, 0.25) is 0 Å². The number of hydrogen-bond acceptors (Lipinski definition) is 2. The summed E-state index contributed by atoms with van der Waals surface area (Å²) in [5, 5.41) is 0. The zero-order valence-electron chi connectivity index (χ0n) is 21.8. The van der Waals surface area contributed by atoms with E-state index in [0.29, 0.717) is 24.7 Å². The van der Waals surface area contributed by atoms with Crippen molar-refractivity contribution in [1.29, 1.82) is 0 Å². The summed E-state index contributed by atoms with van der Waals surface area (Å²) in [4.78, 5) is 12.1. The fraction of sp³-hybridized carbons (Fsp3) is 0.958. The Labute approximate surface area is 229 Å². The van der Waals surface area contributed by atoms with Gasteiger partial charge in [-0.15, -0.1) is 0 Å². The van der Waals surface area contributed by atoms with E-state index in [1.54, 1.807) is 0 Å². The summed E-state index contributed by atoms with van der Waals surface area (Å²) < 4.78 is 219. The Hall–Kier alpha value is -1.65. The van der Waals surface area contributed by atoms with Crippen molar-refractivity contribution in [2.75, 3.05) is 6.61 Å². The molecule has 0 aromatic rings. The molecule has 0 N–H and O–H groups in total. The molecule has 2 nitrogen and oxygen atoms in total. The van der Waals surface area contributed by atoms with Crippen LogP contribution in [0.1, 0.15) is 64.7 Å². The lowest BCUT2D eigenvalue weighted by Crippen LogP contribution is -2.74. The molecule has 0 spiro atoms. The van der Waals surface area contributed by atoms with Crippen LogP contribution in [0.25, 0.3) is 0 Å². The van der Waals surface area contributed by atoms with Crippen LogP contribution >= 0.6 is 0 Å². The first-order valence-corrected chi connectivity index (χ1v) is 12.9. The van der Waals surface area contributed by atoms with Gasteiger partial charge in [0.15, 0.2) is 6.61 Å². The number of hydrogen-bond donors (Lipinski definition) is 0. The molecule has 2 rings (SSSR count). The number of carbonyl (C=O) groups is 1. The minimum absolute atomic E-state index is 0.00700. The van der Waals surface area contributed by atoms with Crippen LogP contribution < -0.4 is 0 Å². The van der Waals surface area contributed by atoms with Crippen LogP contribution in [0, 0.1) is 23.7 Å². The standard InChI is InChI=1S/C24H28F16O2/c1-2-12-3-5-13(6-4-12)14-7-9-15(10-8-14)16(41)42-11-18(27,28)20(31,32)22(35,36)24(39,40)23(37,38)21(33,34)19(29,30)17(25)26/h12-15,17H,2-11H2,1H3/t12-,13-,14-,15-. The monoisotopic (exact) mass is 652 g/mol. The van der Waals surface area contributed by atoms with Gasteiger partial charge < -0.3 is 4.74 Å². The third-order valence-corrected chi connectivity index (χ3v) is 8.37. The molecule has 0 bridgehead atoms. The maximum atomic E-state index is 14.0. The number of alkyl halides is 16. The predicted octanol–water partition coefficient (Wildman–Crippen LogP) is 9.26. The summed E-state index contributed by atoms with van der Waals surface area (Å²) in [5.41, 5.74) is 0. The Kier molecular flexibility index (Phi) is 10.5. The zero-order valence-corrected chi connectivity index (χ0v) is 21.8. The highest BCUT2D eigenvalue weighted by Crippen LogP contribution is 2.62. The molecule has 42 heavy (non-hydrogen) atoms. The second-order valence-electron chi connectivity index (χ2n) is 10.9. The lowest BCUT2D eigenvalue weighted by atomic mass is 9.69. The molecular weight excluding hydrogens is 624 g/mol. The summed E-state index contributed by atoms with van der Waals surface area (Å²) in [6, 6.07) is 0. The highest BCUT2D eigenvalue weighted by atomic mass is 19.4. The van der Waals surface area contributed by atoms with Gasteiger partial charge in [-0.1, -0.05) is 26.2 Å². The average Bonchev–Trinajstić information content (AvgIpc) is 2.91. The smallest absolute Gasteiger partial charge is 0.385 e. The molecule has 0 amide bonds. The van der Waals surface area contributed by atoms with Crippen molar-refractivity contribution in [2.45, 2.75) is 113 Å². The van der Waals surface area contributed by atoms with Crippen LogP contribution in [0.3, 0.4) is 0 Å². The van der Waals surface area contributed by atoms with E-state index in [0.717, 1.165) is 32.1 Å². The third-order valence-electron chi connectivity index (χ3n) is 8.37. The third kappa shape index (κ3) is 6.01. The number of rotatable bonds is 12. The maximum Gasteiger partial charge on any atom is 0.385 e. The second kappa shape index (κ2) is 12.0. The van der Waals surface area contributed by atoms with Crippen LogP contribution in [-0.2, 0) is 9.53 Å². The van der Waals surface area contributed by atoms with Crippen molar-refractivity contribution in [2.24, 2.45) is 23.7 Å². The Morgan fingerprint density at radius 2 is 1.00 bits per heavy atom. The van der Waals surface area contributed by atoms with E-state index < -0.39 is 66.4 Å². The quantitative estimate of drug-likeness (QED) is 0.155. The minimum Gasteiger partial charge on any atom is -0.459 e. The van der Waals surface area contributed by atoms with Gasteiger partial charge in [0.25, 0.3) is 0 Å². The first-order chi connectivity index (χ1) is 18.8. The van der Waals surface area contributed by atoms with Crippen LogP contribution in [0.4, 0.5) is 70.2 Å². The minimum atomic E-state index is -8.46. The summed E-state index contributed by atoms with van der Waals surface area (Å²) in [6.07, 6.45) is -0.248. The molecule has 248 valence electrons. The van der Waals surface area contributed by atoms with Crippen LogP contribution in [-0.4, -0.2) is 60.5 Å². The summed E-state index contributed by atoms with van der Waals surface area (Å²) in [7, 11) is 0. The summed E-state index contributed by atoms with van der Waals surface area (Å²) in [5.74, 6) is -57.0. The van der Waals surface area contributed by atoms with Gasteiger partial charge in [0.1, 0.15) is 0 Å². The van der Waals surface area contributed by atoms with E-state index in [4.69, 9.17) is 0 Å². The van der Waals surface area contributed by atoms with Crippen molar-refractivity contribution < 1.29 is 79.8 Å². The molecular formula is C24H28F16O2. The van der Waals surface area contributed by atoms with Crippen molar-refractivity contribution in [1.82, 2.24) is 0 Å². The predicted molar refractivity (Wildman–Crippen MR) is 113 cm³/mol. The average molecular weight is 652 g/mol. The molecule has 2 saturated carbocycles. The van der Waals surface area contributed by atoms with Crippen LogP contribution in [0.5, 0.6) is 0 Å². The van der Waals surface area contributed by atoms with Crippen LogP contribution in [0.15, 0.2) is 0 Å². The molecule has 2 aliphatic carbocycles. The second-order valence-corrected chi connectivity index (χ2v) is 10.9. The van der Waals surface area contributed by atoms with E-state index in [-0.39, 0.29) is 18.8 Å². The molecule has 0 aliphatic heterocycles. The number of halogens is 16. The fourth-order valence-electron chi connectivity index (χ4n) is 5.43. The topological polar surface area (TPSA) is 26.3 Å². The van der Waals surface area contributed by atoms with Gasteiger partial charge >= 0.3 is 53.9 Å². The largest absolute Gasteiger partial charge is 0.459 e. The first-order valence-electron chi connectivity index (χ1n) is 12.9. The van der Waals surface area contributed by atoms with Gasteiger partial charge in [0, 0.05) is 0 Å². The Morgan fingerprint density at radius 1 is 0.619 bits per heavy atom. The number of esters is 1. The Morgan fingerprint density at radius 3 is 1.40 bits per heavy atom. The molecule has 2 fully saturated rings. The van der Waals surface area contributed by atoms with Gasteiger partial charge in [-0.25, -0.2) is 8.78 Å². The van der Waals surface area contributed by atoms with Gasteiger partial charge in [-0.05, 0) is 56.3 Å². The lowest BCUT2D eigenvalue weighted by Gasteiger charge is -2.42. The van der Waals surface area contributed by atoms with E-state index in [9.17, 15) is 75.0 Å². The van der Waals surface area contributed by atoms with Gasteiger partial charge in [0.05, 0.1) is 5.92 Å². The molecule has 0 saturated heterocycles. The lowest BCUT2D eigenvalue weighted by molar-refractivity contribution is -0.447. The zero-order chi connectivity index (χ0) is 32.7. The molecule has 0 radical (unpaired) electrons. The SMILES string of the molecule is CC[C@H]1CC[C@H]([C@H]2CC[C@H](C(=O)OCC(F)(F)C(F)(F)C(F)(F)C(F)(F)C(F)(F)C(F)(F)C(F)(F)C(F)F)CC2)CC1. The molecule has 18 heteroatoms. The van der Waals surface area contributed by atoms with Crippen molar-refractivity contribution in [3.8, 4) is 0 Å². The molecule has 0 aromatic carbocycles. The van der Waals surface area contributed by atoms with E-state index in [1.807, 2.05) is 0 Å². The van der Waals surface area contributed by atoms with E-state index in [2.05, 4.69) is 11.7 Å². The van der Waals surface area contributed by atoms with Crippen molar-refractivity contribution in [3.05, 3.63) is 0 Å². The van der Waals surface area contributed by atoms with Gasteiger partial charge in [-0.3, -0.25) is 4.79 Å². The Balaban J connectivity index is 2.12. The molecule has 0 unspecified atom stereocenters. The fourth-order valence-corrected chi connectivity index (χ4v) is 5.43. The molecule has 0 heterocycles. The highest BCUT2D eigenvalue weighted by Gasteiger charge is 2.93. The number of carbonyl (C=O) groups excluding carboxylic acids is 1. The van der Waals surface area contributed by atoms with Crippen molar-refractivity contribution in [3.63, 3.8) is 0 Å². The van der Waals surface area contributed by atoms with Crippen molar-refractivity contribution >= 4 is 5.97 Å². The van der Waals surface area contributed by atoms with E-state index in [1.165, 1.54) is 0 Å². The first kappa shape index (κ1) is 36.5. The van der Waals surface area contributed by atoms with Gasteiger partial charge in [-0.2, -0.15) is 61.5 Å². The molecule has 0 aromatic heterocycles. The Bertz CT molecular complexity index is 919. The van der Waals surface area contributed by atoms with E-state index >= 15 is 0 Å². The summed E-state index contributed by atoms with van der Waals surface area (Å²) >= 11 is 0. The maximum absolute atomic E-state index is 14.0. The normalized spacial score (nSPS) is 26.0. The van der Waals surface area contributed by atoms with Crippen LogP contribution in [0.2, 0.25) is 0 Å². The summed E-state index contributed by atoms with van der Waals surface area (Å²) in [6.45, 7) is -1.06.